The standard InChI is InChI=1S/C15H22N2O3/c1-4-11(3)15(19)17-13-9-7-6-8-12(13)16-14(18)10-20-5-2/h6-9,11H,4-5,10H2,1-3H3,(H,16,18)(H,17,19). The van der Waals surface area contributed by atoms with Crippen LogP contribution in [0.15, 0.2) is 24.3 Å². The highest BCUT2D eigenvalue weighted by atomic mass is 16.5. The largest absolute Gasteiger partial charge is 0.372 e. The summed E-state index contributed by atoms with van der Waals surface area (Å²) in [5.74, 6) is -0.363. The molecule has 0 heterocycles. The number of ether oxygens (including phenoxy) is 1. The van der Waals surface area contributed by atoms with Crippen LogP contribution in [0.5, 0.6) is 0 Å². The van der Waals surface area contributed by atoms with Gasteiger partial charge in [0.2, 0.25) is 11.8 Å². The van der Waals surface area contributed by atoms with E-state index in [4.69, 9.17) is 4.74 Å². The molecule has 5 heteroatoms. The molecule has 1 unspecified atom stereocenters. The van der Waals surface area contributed by atoms with Gasteiger partial charge >= 0.3 is 0 Å². The van der Waals surface area contributed by atoms with Gasteiger partial charge in [0.25, 0.3) is 0 Å². The van der Waals surface area contributed by atoms with Crippen molar-refractivity contribution in [3.8, 4) is 0 Å². The molecule has 2 N–H and O–H groups in total. The number of carbonyl (C=O) groups excluding carboxylic acids is 2. The first-order valence-corrected chi connectivity index (χ1v) is 6.85. The summed E-state index contributed by atoms with van der Waals surface area (Å²) in [7, 11) is 0. The Morgan fingerprint density at radius 2 is 1.75 bits per heavy atom. The molecule has 2 amide bonds. The average Bonchev–Trinajstić information content (AvgIpc) is 2.46. The van der Waals surface area contributed by atoms with E-state index in [9.17, 15) is 9.59 Å². The van der Waals surface area contributed by atoms with Gasteiger partial charge in [-0.15, -0.1) is 0 Å². The van der Waals surface area contributed by atoms with Crippen LogP contribution in [-0.4, -0.2) is 25.0 Å². The highest BCUT2D eigenvalue weighted by Gasteiger charge is 2.13. The van der Waals surface area contributed by atoms with Crippen molar-refractivity contribution < 1.29 is 14.3 Å². The number of hydrogen-bond donors (Lipinski definition) is 2. The van der Waals surface area contributed by atoms with Crippen LogP contribution in [0.1, 0.15) is 27.2 Å². The third-order valence-corrected chi connectivity index (χ3v) is 2.96. The molecule has 20 heavy (non-hydrogen) atoms. The predicted molar refractivity (Wildman–Crippen MR) is 79.6 cm³/mol. The average molecular weight is 278 g/mol. The number of nitrogens with one attached hydrogen (secondary N) is 2. The van der Waals surface area contributed by atoms with Crippen LogP contribution in [0.3, 0.4) is 0 Å². The van der Waals surface area contributed by atoms with Crippen LogP contribution in [-0.2, 0) is 14.3 Å². The van der Waals surface area contributed by atoms with Gasteiger partial charge in [0.05, 0.1) is 11.4 Å². The number of para-hydroxylation sites is 2. The lowest BCUT2D eigenvalue weighted by Crippen LogP contribution is -2.22. The summed E-state index contributed by atoms with van der Waals surface area (Å²) < 4.78 is 5.04. The van der Waals surface area contributed by atoms with E-state index in [0.29, 0.717) is 18.0 Å². The monoisotopic (exact) mass is 278 g/mol. The van der Waals surface area contributed by atoms with E-state index in [1.54, 1.807) is 18.2 Å². The lowest BCUT2D eigenvalue weighted by atomic mass is 10.1. The lowest BCUT2D eigenvalue weighted by molar-refractivity contribution is -0.121. The summed E-state index contributed by atoms with van der Waals surface area (Å²) in [6.45, 7) is 6.14. The molecule has 1 aromatic carbocycles. The molecule has 0 spiro atoms. The van der Waals surface area contributed by atoms with Gasteiger partial charge < -0.3 is 15.4 Å². The van der Waals surface area contributed by atoms with E-state index in [0.717, 1.165) is 6.42 Å². The Morgan fingerprint density at radius 1 is 1.15 bits per heavy atom. The smallest absolute Gasteiger partial charge is 0.250 e. The number of benzene rings is 1. The summed E-state index contributed by atoms with van der Waals surface area (Å²) in [6, 6.07) is 7.12. The van der Waals surface area contributed by atoms with Gasteiger partial charge in [0.15, 0.2) is 0 Å². The maximum absolute atomic E-state index is 11.9. The van der Waals surface area contributed by atoms with Crippen LogP contribution in [0, 0.1) is 5.92 Å². The minimum atomic E-state index is -0.239. The van der Waals surface area contributed by atoms with Gasteiger partial charge in [0.1, 0.15) is 6.61 Å². The molecule has 1 rings (SSSR count). The minimum absolute atomic E-state index is 0.00411. The topological polar surface area (TPSA) is 67.4 Å². The fraction of sp³-hybridized carbons (Fsp3) is 0.467. The molecular formula is C15H22N2O3. The van der Waals surface area contributed by atoms with E-state index < -0.39 is 0 Å². The van der Waals surface area contributed by atoms with Crippen LogP contribution < -0.4 is 10.6 Å². The Balaban J connectivity index is 2.73. The van der Waals surface area contributed by atoms with Gasteiger partial charge in [-0.1, -0.05) is 26.0 Å². The van der Waals surface area contributed by atoms with Crippen molar-refractivity contribution >= 4 is 23.2 Å². The first kappa shape index (κ1) is 16.2. The zero-order chi connectivity index (χ0) is 15.0. The predicted octanol–water partition coefficient (Wildman–Crippen LogP) is 2.65. The Bertz CT molecular complexity index is 460. The summed E-state index contributed by atoms with van der Waals surface area (Å²) in [6.07, 6.45) is 0.769. The summed E-state index contributed by atoms with van der Waals surface area (Å²) >= 11 is 0. The fourth-order valence-corrected chi connectivity index (χ4v) is 1.52. The highest BCUT2D eigenvalue weighted by molar-refractivity contribution is 6.00. The quantitative estimate of drug-likeness (QED) is 0.805. The molecular weight excluding hydrogens is 256 g/mol. The lowest BCUT2D eigenvalue weighted by Gasteiger charge is -2.14. The fourth-order valence-electron chi connectivity index (χ4n) is 1.52. The van der Waals surface area contributed by atoms with Crippen molar-refractivity contribution in [1.29, 1.82) is 0 Å². The van der Waals surface area contributed by atoms with Crippen molar-refractivity contribution in [3.63, 3.8) is 0 Å². The highest BCUT2D eigenvalue weighted by Crippen LogP contribution is 2.21. The normalized spacial score (nSPS) is 11.8. The molecule has 0 saturated carbocycles. The Morgan fingerprint density at radius 3 is 2.30 bits per heavy atom. The molecule has 0 bridgehead atoms. The van der Waals surface area contributed by atoms with Gasteiger partial charge in [0, 0.05) is 12.5 Å². The molecule has 110 valence electrons. The van der Waals surface area contributed by atoms with E-state index >= 15 is 0 Å². The molecule has 1 aromatic rings. The summed E-state index contributed by atoms with van der Waals surface area (Å²) in [5.41, 5.74) is 1.18. The molecule has 1 atom stereocenters. The first-order valence-electron chi connectivity index (χ1n) is 6.85. The Hall–Kier alpha value is -1.88. The van der Waals surface area contributed by atoms with Gasteiger partial charge in [-0.05, 0) is 25.5 Å². The van der Waals surface area contributed by atoms with Gasteiger partial charge in [-0.25, -0.2) is 0 Å². The maximum atomic E-state index is 11.9. The van der Waals surface area contributed by atoms with Gasteiger partial charge in [-0.2, -0.15) is 0 Å². The molecule has 0 aromatic heterocycles. The van der Waals surface area contributed by atoms with Gasteiger partial charge in [-0.3, -0.25) is 9.59 Å². The van der Waals surface area contributed by atoms with Crippen LogP contribution in [0.4, 0.5) is 11.4 Å². The molecule has 0 saturated heterocycles. The third kappa shape index (κ3) is 5.01. The zero-order valence-electron chi connectivity index (χ0n) is 12.2. The summed E-state index contributed by atoms with van der Waals surface area (Å²) in [4.78, 5) is 23.6. The van der Waals surface area contributed by atoms with Crippen LogP contribution in [0.2, 0.25) is 0 Å². The second-order valence-corrected chi connectivity index (χ2v) is 4.53. The summed E-state index contributed by atoms with van der Waals surface area (Å²) in [5, 5.41) is 5.56. The molecule has 0 aliphatic carbocycles. The molecule has 0 radical (unpaired) electrons. The van der Waals surface area contributed by atoms with Crippen LogP contribution in [0.25, 0.3) is 0 Å². The number of carbonyl (C=O) groups is 2. The third-order valence-electron chi connectivity index (χ3n) is 2.96. The van der Waals surface area contributed by atoms with E-state index in [-0.39, 0.29) is 24.3 Å². The van der Waals surface area contributed by atoms with Crippen LogP contribution >= 0.6 is 0 Å². The van der Waals surface area contributed by atoms with Crippen molar-refractivity contribution in [3.05, 3.63) is 24.3 Å². The molecule has 0 aliphatic heterocycles. The Kier molecular flexibility index (Phi) is 6.73. The molecule has 0 aliphatic rings. The zero-order valence-corrected chi connectivity index (χ0v) is 12.2. The second-order valence-electron chi connectivity index (χ2n) is 4.53. The molecule has 0 fully saturated rings. The minimum Gasteiger partial charge on any atom is -0.372 e. The van der Waals surface area contributed by atoms with Crippen molar-refractivity contribution in [2.75, 3.05) is 23.8 Å². The Labute approximate surface area is 119 Å². The SMILES string of the molecule is CCOCC(=O)Nc1ccccc1NC(=O)C(C)CC. The molecule has 5 nitrogen and oxygen atoms in total. The van der Waals surface area contributed by atoms with Crippen molar-refractivity contribution in [2.24, 2.45) is 5.92 Å². The first-order chi connectivity index (χ1) is 9.58. The van der Waals surface area contributed by atoms with Crippen molar-refractivity contribution in [1.82, 2.24) is 0 Å². The number of anilines is 2. The number of rotatable bonds is 7. The number of amides is 2. The maximum Gasteiger partial charge on any atom is 0.250 e. The second kappa shape index (κ2) is 8.32. The number of hydrogen-bond acceptors (Lipinski definition) is 3. The van der Waals surface area contributed by atoms with E-state index in [2.05, 4.69) is 10.6 Å². The van der Waals surface area contributed by atoms with E-state index in [1.807, 2.05) is 26.8 Å². The van der Waals surface area contributed by atoms with Crippen molar-refractivity contribution in [2.45, 2.75) is 27.2 Å². The van der Waals surface area contributed by atoms with E-state index in [1.165, 1.54) is 0 Å².